The van der Waals surface area contributed by atoms with Crippen molar-refractivity contribution in [3.8, 4) is 0 Å². The van der Waals surface area contributed by atoms with E-state index in [1.54, 1.807) is 13.8 Å². The smallest absolute Gasteiger partial charge is 0.202 e. The van der Waals surface area contributed by atoms with Crippen molar-refractivity contribution in [2.24, 2.45) is 5.92 Å². The van der Waals surface area contributed by atoms with E-state index in [1.807, 2.05) is 0 Å². The second kappa shape index (κ2) is 3.63. The Labute approximate surface area is 75.8 Å². The van der Waals surface area contributed by atoms with Gasteiger partial charge in [0.1, 0.15) is 0 Å². The van der Waals surface area contributed by atoms with E-state index in [9.17, 15) is 4.79 Å². The summed E-state index contributed by atoms with van der Waals surface area (Å²) in [4.78, 5) is 18.9. The molecule has 0 aliphatic heterocycles. The molecule has 0 aliphatic carbocycles. The number of hydrogen-bond donors (Lipinski definition) is 0. The first-order valence-electron chi connectivity index (χ1n) is 3.63. The Hall–Kier alpha value is -0.960. The zero-order valence-electron chi connectivity index (χ0n) is 6.91. The molecule has 64 valence electrons. The molecule has 4 heteroatoms. The fraction of sp³-hybridized carbons (Fsp3) is 0.375. The molecule has 0 bridgehead atoms. The van der Waals surface area contributed by atoms with Gasteiger partial charge in [0.2, 0.25) is 5.78 Å². The predicted molar refractivity (Wildman–Crippen MR) is 46.2 cm³/mol. The molecule has 1 aromatic rings. The Morgan fingerprint density at radius 3 is 2.33 bits per heavy atom. The Kier molecular flexibility index (Phi) is 2.76. The lowest BCUT2D eigenvalue weighted by atomic mass is 10.1. The molecule has 1 aromatic heterocycles. The van der Waals surface area contributed by atoms with Gasteiger partial charge in [-0.3, -0.25) is 4.79 Å². The maximum absolute atomic E-state index is 11.3. The van der Waals surface area contributed by atoms with Crippen LogP contribution in [0.15, 0.2) is 12.4 Å². The SMILES string of the molecule is CC(C)C(=O)c1ncc(Cl)cn1. The van der Waals surface area contributed by atoms with Crippen molar-refractivity contribution in [3.63, 3.8) is 0 Å². The van der Waals surface area contributed by atoms with E-state index in [1.165, 1.54) is 12.4 Å². The van der Waals surface area contributed by atoms with Crippen LogP contribution in [0.2, 0.25) is 5.02 Å². The molecule has 1 heterocycles. The lowest BCUT2D eigenvalue weighted by molar-refractivity contribution is 0.0929. The lowest BCUT2D eigenvalue weighted by Gasteiger charge is -2.00. The first kappa shape index (κ1) is 9.13. The Morgan fingerprint density at radius 1 is 1.42 bits per heavy atom. The summed E-state index contributed by atoms with van der Waals surface area (Å²) in [6.45, 7) is 3.61. The minimum Gasteiger partial charge on any atom is -0.290 e. The molecule has 0 radical (unpaired) electrons. The zero-order valence-corrected chi connectivity index (χ0v) is 7.67. The fourth-order valence-electron chi connectivity index (χ4n) is 0.698. The van der Waals surface area contributed by atoms with E-state index in [0.717, 1.165) is 0 Å². The summed E-state index contributed by atoms with van der Waals surface area (Å²) in [5, 5.41) is 0.440. The third kappa shape index (κ3) is 2.01. The maximum atomic E-state index is 11.3. The minimum absolute atomic E-state index is 0.0633. The summed E-state index contributed by atoms with van der Waals surface area (Å²) >= 11 is 5.56. The Morgan fingerprint density at radius 2 is 1.92 bits per heavy atom. The Balaban J connectivity index is 2.90. The van der Waals surface area contributed by atoms with Crippen molar-refractivity contribution >= 4 is 17.4 Å². The third-order valence-electron chi connectivity index (χ3n) is 1.37. The van der Waals surface area contributed by atoms with Crippen LogP contribution in [0.4, 0.5) is 0 Å². The largest absolute Gasteiger partial charge is 0.290 e. The summed E-state index contributed by atoms with van der Waals surface area (Å²) in [5.41, 5.74) is 0. The molecule has 0 fully saturated rings. The normalized spacial score (nSPS) is 10.3. The molecule has 3 nitrogen and oxygen atoms in total. The summed E-state index contributed by atoms with van der Waals surface area (Å²) in [6.07, 6.45) is 2.84. The quantitative estimate of drug-likeness (QED) is 0.660. The molecule has 0 atom stereocenters. The van der Waals surface area contributed by atoms with Gasteiger partial charge in [0.05, 0.1) is 5.02 Å². The van der Waals surface area contributed by atoms with Crippen LogP contribution in [-0.2, 0) is 0 Å². The van der Waals surface area contributed by atoms with Gasteiger partial charge in [-0.25, -0.2) is 9.97 Å². The van der Waals surface area contributed by atoms with Gasteiger partial charge in [-0.2, -0.15) is 0 Å². The number of halogens is 1. The van der Waals surface area contributed by atoms with Gasteiger partial charge in [-0.15, -0.1) is 0 Å². The van der Waals surface area contributed by atoms with Gasteiger partial charge in [0, 0.05) is 18.3 Å². The molecule has 1 rings (SSSR count). The van der Waals surface area contributed by atoms with Crippen molar-refractivity contribution in [1.82, 2.24) is 9.97 Å². The van der Waals surface area contributed by atoms with Gasteiger partial charge in [0.25, 0.3) is 0 Å². The average molecular weight is 185 g/mol. The monoisotopic (exact) mass is 184 g/mol. The number of ketones is 1. The van der Waals surface area contributed by atoms with E-state index in [4.69, 9.17) is 11.6 Å². The van der Waals surface area contributed by atoms with Crippen molar-refractivity contribution in [3.05, 3.63) is 23.2 Å². The fourth-order valence-corrected chi connectivity index (χ4v) is 0.795. The van der Waals surface area contributed by atoms with Crippen molar-refractivity contribution in [2.45, 2.75) is 13.8 Å². The number of aromatic nitrogens is 2. The first-order valence-corrected chi connectivity index (χ1v) is 4.01. The topological polar surface area (TPSA) is 42.9 Å². The second-order valence-corrected chi connectivity index (χ2v) is 3.18. The van der Waals surface area contributed by atoms with Gasteiger partial charge in [-0.1, -0.05) is 25.4 Å². The molecule has 0 saturated heterocycles. The highest BCUT2D eigenvalue weighted by Crippen LogP contribution is 2.06. The summed E-state index contributed by atoms with van der Waals surface area (Å²) < 4.78 is 0. The molecule has 0 saturated carbocycles. The Bertz CT molecular complexity index is 282. The van der Waals surface area contributed by atoms with Crippen LogP contribution in [0, 0.1) is 5.92 Å². The summed E-state index contributed by atoms with van der Waals surface area (Å²) in [5.74, 6) is 0.0900. The number of carbonyl (C=O) groups is 1. The molecule has 0 aromatic carbocycles. The van der Waals surface area contributed by atoms with E-state index in [2.05, 4.69) is 9.97 Å². The van der Waals surface area contributed by atoms with Crippen LogP contribution in [0.1, 0.15) is 24.5 Å². The van der Waals surface area contributed by atoms with Gasteiger partial charge >= 0.3 is 0 Å². The number of rotatable bonds is 2. The molecule has 0 N–H and O–H groups in total. The third-order valence-corrected chi connectivity index (χ3v) is 1.56. The number of hydrogen-bond acceptors (Lipinski definition) is 3. The number of Topliss-reactive ketones (excluding diaryl/α,β-unsaturated/α-hetero) is 1. The van der Waals surface area contributed by atoms with E-state index < -0.39 is 0 Å². The van der Waals surface area contributed by atoms with E-state index in [-0.39, 0.29) is 17.5 Å². The molecule has 12 heavy (non-hydrogen) atoms. The number of carbonyl (C=O) groups excluding carboxylic acids is 1. The lowest BCUT2D eigenvalue weighted by Crippen LogP contribution is -2.11. The molecule has 0 aliphatic rings. The predicted octanol–water partition coefficient (Wildman–Crippen LogP) is 1.97. The molecule has 0 unspecified atom stereocenters. The van der Waals surface area contributed by atoms with Crippen molar-refractivity contribution in [2.75, 3.05) is 0 Å². The summed E-state index contributed by atoms with van der Waals surface area (Å²) in [7, 11) is 0. The average Bonchev–Trinajstić information content (AvgIpc) is 2.04. The van der Waals surface area contributed by atoms with Crippen molar-refractivity contribution < 1.29 is 4.79 Å². The standard InChI is InChI=1S/C8H9ClN2O/c1-5(2)7(12)8-10-3-6(9)4-11-8/h3-5H,1-2H3. The first-order chi connectivity index (χ1) is 5.61. The highest BCUT2D eigenvalue weighted by atomic mass is 35.5. The number of nitrogens with zero attached hydrogens (tertiary/aromatic N) is 2. The zero-order chi connectivity index (χ0) is 9.14. The molecular weight excluding hydrogens is 176 g/mol. The van der Waals surface area contributed by atoms with Gasteiger partial charge < -0.3 is 0 Å². The van der Waals surface area contributed by atoms with E-state index >= 15 is 0 Å². The molecular formula is C8H9ClN2O. The molecule has 0 amide bonds. The maximum Gasteiger partial charge on any atom is 0.202 e. The highest BCUT2D eigenvalue weighted by molar-refractivity contribution is 6.30. The summed E-state index contributed by atoms with van der Waals surface area (Å²) in [6, 6.07) is 0. The minimum atomic E-state index is -0.0776. The second-order valence-electron chi connectivity index (χ2n) is 2.74. The van der Waals surface area contributed by atoms with Crippen LogP contribution in [0.5, 0.6) is 0 Å². The van der Waals surface area contributed by atoms with Crippen LogP contribution < -0.4 is 0 Å². The van der Waals surface area contributed by atoms with Crippen LogP contribution >= 0.6 is 11.6 Å². The van der Waals surface area contributed by atoms with Gasteiger partial charge in [-0.05, 0) is 0 Å². The van der Waals surface area contributed by atoms with Gasteiger partial charge in [0.15, 0.2) is 5.82 Å². The van der Waals surface area contributed by atoms with Crippen LogP contribution in [0.25, 0.3) is 0 Å². The van der Waals surface area contributed by atoms with Crippen LogP contribution in [0.3, 0.4) is 0 Å². The van der Waals surface area contributed by atoms with Crippen molar-refractivity contribution in [1.29, 1.82) is 0 Å². The van der Waals surface area contributed by atoms with Crippen LogP contribution in [-0.4, -0.2) is 15.8 Å². The highest BCUT2D eigenvalue weighted by Gasteiger charge is 2.12. The molecule has 0 spiro atoms. The van der Waals surface area contributed by atoms with E-state index in [0.29, 0.717) is 5.02 Å².